The van der Waals surface area contributed by atoms with Crippen LogP contribution in [0.5, 0.6) is 0 Å². The highest BCUT2D eigenvalue weighted by atomic mass is 32.2. The lowest BCUT2D eigenvalue weighted by Crippen LogP contribution is -1.82. The van der Waals surface area contributed by atoms with Gasteiger partial charge < -0.3 is 0 Å². The maximum Gasteiger partial charge on any atom is 0.0370 e. The summed E-state index contributed by atoms with van der Waals surface area (Å²) in [6.07, 6.45) is 1.17. The van der Waals surface area contributed by atoms with Gasteiger partial charge >= 0.3 is 0 Å². The van der Waals surface area contributed by atoms with Crippen LogP contribution in [0, 0.1) is 12.2 Å². The first-order valence-electron chi connectivity index (χ1n) is 3.85. The van der Waals surface area contributed by atoms with E-state index in [-0.39, 0.29) is 0 Å². The van der Waals surface area contributed by atoms with Crippen LogP contribution in [-0.2, 0) is 6.42 Å². The summed E-state index contributed by atoms with van der Waals surface area (Å²) in [6, 6.07) is 6.71. The van der Waals surface area contributed by atoms with Crippen molar-refractivity contribution in [2.75, 3.05) is 0 Å². The van der Waals surface area contributed by atoms with E-state index < -0.39 is 0 Å². The fourth-order valence-corrected chi connectivity index (χ4v) is 2.51. The second kappa shape index (κ2) is 2.56. The van der Waals surface area contributed by atoms with Gasteiger partial charge in [0.1, 0.15) is 0 Å². The third kappa shape index (κ3) is 1.30. The predicted molar refractivity (Wildman–Crippen MR) is 49.7 cm³/mol. The molecule has 1 heteroatoms. The number of thioether (sulfide) groups is 1. The van der Waals surface area contributed by atoms with Crippen molar-refractivity contribution in [1.82, 2.24) is 0 Å². The van der Waals surface area contributed by atoms with Gasteiger partial charge in [-0.3, -0.25) is 0 Å². The largest absolute Gasteiger partial charge is 0.117 e. The van der Waals surface area contributed by atoms with Crippen molar-refractivity contribution in [2.45, 2.75) is 25.2 Å². The van der Waals surface area contributed by atoms with Gasteiger partial charge in [-0.1, -0.05) is 17.7 Å². The van der Waals surface area contributed by atoms with Gasteiger partial charge in [-0.25, -0.2) is 0 Å². The third-order valence-electron chi connectivity index (χ3n) is 1.95. The van der Waals surface area contributed by atoms with E-state index in [0.29, 0.717) is 0 Å². The number of rotatable bonds is 0. The van der Waals surface area contributed by atoms with Crippen molar-refractivity contribution in [3.8, 4) is 0 Å². The second-order valence-corrected chi connectivity index (χ2v) is 4.43. The normalized spacial score (nSPS) is 16.9. The monoisotopic (exact) mass is 163 g/mol. The molecule has 0 spiro atoms. The molecule has 1 aliphatic rings. The zero-order valence-electron chi connectivity index (χ0n) is 6.85. The molecule has 1 aromatic rings. The molecule has 0 aromatic heterocycles. The van der Waals surface area contributed by atoms with Crippen molar-refractivity contribution in [3.05, 3.63) is 34.6 Å². The number of fused-ring (bicyclic) bond motifs is 1. The molecule has 0 unspecified atom stereocenters. The first-order chi connectivity index (χ1) is 5.25. The first-order valence-corrected chi connectivity index (χ1v) is 4.67. The maximum atomic E-state index is 2.27. The van der Waals surface area contributed by atoms with E-state index in [1.165, 1.54) is 27.7 Å². The molecule has 0 saturated heterocycles. The van der Waals surface area contributed by atoms with Crippen molar-refractivity contribution >= 4 is 11.8 Å². The Morgan fingerprint density at radius 1 is 1.27 bits per heavy atom. The van der Waals surface area contributed by atoms with Crippen molar-refractivity contribution in [3.63, 3.8) is 0 Å². The van der Waals surface area contributed by atoms with Crippen molar-refractivity contribution in [2.24, 2.45) is 0 Å². The van der Waals surface area contributed by atoms with Gasteiger partial charge in [-0.2, -0.15) is 0 Å². The molecule has 1 aromatic carbocycles. The van der Waals surface area contributed by atoms with Gasteiger partial charge in [0, 0.05) is 10.1 Å². The molecule has 1 aliphatic heterocycles. The molecule has 0 N–H and O–H groups in total. The van der Waals surface area contributed by atoms with Crippen molar-refractivity contribution in [1.29, 1.82) is 0 Å². The molecule has 1 heterocycles. The van der Waals surface area contributed by atoms with E-state index in [1.807, 2.05) is 11.8 Å². The summed E-state index contributed by atoms with van der Waals surface area (Å²) in [5.41, 5.74) is 2.86. The molecule has 0 bridgehead atoms. The Morgan fingerprint density at radius 2 is 2.09 bits per heavy atom. The summed E-state index contributed by atoms with van der Waals surface area (Å²) in [5.74, 6) is 0. The molecule has 0 amide bonds. The Balaban J connectivity index is 2.43. The van der Waals surface area contributed by atoms with Crippen LogP contribution in [0.25, 0.3) is 0 Å². The minimum atomic E-state index is 1.17. The Morgan fingerprint density at radius 3 is 2.91 bits per heavy atom. The highest BCUT2D eigenvalue weighted by molar-refractivity contribution is 8.02. The van der Waals surface area contributed by atoms with E-state index in [2.05, 4.69) is 32.0 Å². The molecule has 1 radical (unpaired) electrons. The smallest absolute Gasteiger partial charge is 0.0370 e. The zero-order valence-corrected chi connectivity index (χ0v) is 7.66. The molecule has 0 atom stereocenters. The van der Waals surface area contributed by atoms with Gasteiger partial charge in [0.15, 0.2) is 0 Å². The van der Waals surface area contributed by atoms with Gasteiger partial charge in [0.05, 0.1) is 0 Å². The molecular weight excluding hydrogens is 152 g/mol. The minimum absolute atomic E-state index is 1.17. The lowest BCUT2D eigenvalue weighted by molar-refractivity contribution is 1.10. The van der Waals surface area contributed by atoms with Crippen LogP contribution in [0.2, 0.25) is 0 Å². The van der Waals surface area contributed by atoms with E-state index in [9.17, 15) is 0 Å². The average Bonchev–Trinajstić information content (AvgIpc) is 2.27. The van der Waals surface area contributed by atoms with Gasteiger partial charge in [-0.05, 0) is 31.9 Å². The molecular formula is C10H11S. The highest BCUT2D eigenvalue weighted by Crippen LogP contribution is 2.41. The van der Waals surface area contributed by atoms with Crippen LogP contribution in [0.1, 0.15) is 18.1 Å². The lowest BCUT2D eigenvalue weighted by atomic mass is 10.1. The Labute approximate surface area is 72.0 Å². The summed E-state index contributed by atoms with van der Waals surface area (Å²) >= 11 is 1.92. The van der Waals surface area contributed by atoms with Crippen LogP contribution in [0.15, 0.2) is 23.1 Å². The molecule has 2 rings (SSSR count). The molecule has 57 valence electrons. The Hall–Kier alpha value is -0.430. The quantitative estimate of drug-likeness (QED) is 0.566. The molecule has 0 saturated carbocycles. The number of aryl methyl sites for hydroxylation is 1. The van der Waals surface area contributed by atoms with Crippen LogP contribution in [-0.4, -0.2) is 0 Å². The third-order valence-corrected chi connectivity index (χ3v) is 3.04. The van der Waals surface area contributed by atoms with Crippen LogP contribution in [0.3, 0.4) is 0 Å². The topological polar surface area (TPSA) is 0 Å². The van der Waals surface area contributed by atoms with Gasteiger partial charge in [0.25, 0.3) is 0 Å². The fraction of sp³-hybridized carbons (Fsp3) is 0.300. The van der Waals surface area contributed by atoms with Crippen molar-refractivity contribution < 1.29 is 0 Å². The number of benzene rings is 1. The van der Waals surface area contributed by atoms with E-state index in [0.717, 1.165) is 0 Å². The molecule has 0 nitrogen and oxygen atoms in total. The van der Waals surface area contributed by atoms with E-state index in [4.69, 9.17) is 0 Å². The number of hydrogen-bond donors (Lipinski definition) is 0. The summed E-state index contributed by atoms with van der Waals surface area (Å²) in [6.45, 7) is 4.36. The standard InChI is InChI=1S/C10H11S/c1-7-3-4-9-6-8(2)11-10(9)5-7/h3-5H,6H2,1-2H3. The molecule has 11 heavy (non-hydrogen) atoms. The van der Waals surface area contributed by atoms with Gasteiger partial charge in [0.2, 0.25) is 0 Å². The molecule has 0 fully saturated rings. The van der Waals surface area contributed by atoms with E-state index >= 15 is 0 Å². The average molecular weight is 163 g/mol. The summed E-state index contributed by atoms with van der Waals surface area (Å²) in [5, 5.41) is 1.52. The predicted octanol–water partition coefficient (Wildman–Crippen LogP) is 3.20. The van der Waals surface area contributed by atoms with Crippen LogP contribution in [0.4, 0.5) is 0 Å². The lowest BCUT2D eigenvalue weighted by Gasteiger charge is -1.97. The van der Waals surface area contributed by atoms with Crippen LogP contribution >= 0.6 is 11.8 Å². The highest BCUT2D eigenvalue weighted by Gasteiger charge is 2.18. The Kier molecular flexibility index (Phi) is 1.68. The summed E-state index contributed by atoms with van der Waals surface area (Å²) in [7, 11) is 0. The first kappa shape index (κ1) is 7.23. The van der Waals surface area contributed by atoms with Crippen LogP contribution < -0.4 is 0 Å². The minimum Gasteiger partial charge on any atom is -0.117 e. The fourth-order valence-electron chi connectivity index (χ4n) is 1.39. The summed E-state index contributed by atoms with van der Waals surface area (Å²) < 4.78 is 0. The molecule has 0 aliphatic carbocycles. The van der Waals surface area contributed by atoms with E-state index in [1.54, 1.807) is 0 Å². The summed E-state index contributed by atoms with van der Waals surface area (Å²) in [4.78, 5) is 1.46. The van der Waals surface area contributed by atoms with Gasteiger partial charge in [-0.15, -0.1) is 11.8 Å². The maximum absolute atomic E-state index is 2.27. The Bertz CT molecular complexity index is 278. The second-order valence-electron chi connectivity index (χ2n) is 3.09. The number of hydrogen-bond acceptors (Lipinski definition) is 1. The zero-order chi connectivity index (χ0) is 7.84. The SMILES string of the molecule is C[C]1Cc2ccc(C)cc2S1.